The topological polar surface area (TPSA) is 52.5 Å². The van der Waals surface area contributed by atoms with E-state index in [-0.39, 0.29) is 24.3 Å². The lowest BCUT2D eigenvalue weighted by atomic mass is 10.0. The van der Waals surface area contributed by atoms with Crippen molar-refractivity contribution >= 4 is 11.6 Å². The van der Waals surface area contributed by atoms with E-state index in [9.17, 15) is 14.6 Å². The van der Waals surface area contributed by atoms with Gasteiger partial charge in [-0.2, -0.15) is 0 Å². The average Bonchev–Trinajstić information content (AvgIpc) is 2.32. The molecule has 0 aliphatic carbocycles. The van der Waals surface area contributed by atoms with Crippen LogP contribution in [-0.4, -0.2) is 29.0 Å². The van der Waals surface area contributed by atoms with E-state index in [4.69, 9.17) is 11.6 Å². The summed E-state index contributed by atoms with van der Waals surface area (Å²) in [6, 6.07) is 4.29. The highest BCUT2D eigenvalue weighted by Gasteiger charge is 2.24. The molecular formula is C12H17ClFNO2. The maximum Gasteiger partial charge on any atom is 0.141 e. The Morgan fingerprint density at radius 2 is 2.00 bits per heavy atom. The SMILES string of the molecule is CC(NC(C)(CO)CO)c1ccc(F)c(Cl)c1. The molecule has 0 saturated carbocycles. The van der Waals surface area contributed by atoms with E-state index >= 15 is 0 Å². The van der Waals surface area contributed by atoms with E-state index in [0.717, 1.165) is 5.56 Å². The Labute approximate surface area is 105 Å². The summed E-state index contributed by atoms with van der Waals surface area (Å²) in [5, 5.41) is 21.5. The quantitative estimate of drug-likeness (QED) is 0.759. The molecule has 1 rings (SSSR count). The minimum Gasteiger partial charge on any atom is -0.394 e. The van der Waals surface area contributed by atoms with Crippen molar-refractivity contribution in [1.82, 2.24) is 5.32 Å². The highest BCUT2D eigenvalue weighted by atomic mass is 35.5. The third kappa shape index (κ3) is 3.64. The van der Waals surface area contributed by atoms with Gasteiger partial charge in [0.2, 0.25) is 0 Å². The van der Waals surface area contributed by atoms with Crippen molar-refractivity contribution < 1.29 is 14.6 Å². The van der Waals surface area contributed by atoms with Gasteiger partial charge in [0.05, 0.1) is 23.8 Å². The summed E-state index contributed by atoms with van der Waals surface area (Å²) in [7, 11) is 0. The second-order valence-electron chi connectivity index (χ2n) is 4.42. The molecule has 96 valence electrons. The summed E-state index contributed by atoms with van der Waals surface area (Å²) in [6.07, 6.45) is 0. The van der Waals surface area contributed by atoms with Crippen LogP contribution < -0.4 is 5.32 Å². The second kappa shape index (κ2) is 5.78. The summed E-state index contributed by atoms with van der Waals surface area (Å²) in [6.45, 7) is 3.17. The third-order valence-electron chi connectivity index (χ3n) is 2.71. The van der Waals surface area contributed by atoms with Gasteiger partial charge < -0.3 is 15.5 Å². The van der Waals surface area contributed by atoms with Crippen LogP contribution >= 0.6 is 11.6 Å². The Kier molecular flexibility index (Phi) is 4.89. The molecule has 1 atom stereocenters. The minimum absolute atomic E-state index is 0.0610. The lowest BCUT2D eigenvalue weighted by Crippen LogP contribution is -2.49. The molecule has 0 spiro atoms. The summed E-state index contributed by atoms with van der Waals surface area (Å²) in [5.74, 6) is -0.463. The second-order valence-corrected chi connectivity index (χ2v) is 4.82. The van der Waals surface area contributed by atoms with E-state index in [2.05, 4.69) is 5.32 Å². The van der Waals surface area contributed by atoms with Gasteiger partial charge in [0.15, 0.2) is 0 Å². The predicted molar refractivity (Wildman–Crippen MR) is 65.5 cm³/mol. The largest absolute Gasteiger partial charge is 0.394 e. The first kappa shape index (κ1) is 14.4. The first-order valence-electron chi connectivity index (χ1n) is 5.36. The van der Waals surface area contributed by atoms with Crippen molar-refractivity contribution in [1.29, 1.82) is 0 Å². The fraction of sp³-hybridized carbons (Fsp3) is 0.500. The van der Waals surface area contributed by atoms with E-state index in [0.29, 0.717) is 0 Å². The number of aliphatic hydroxyl groups is 2. The Morgan fingerprint density at radius 1 is 1.41 bits per heavy atom. The average molecular weight is 262 g/mol. The minimum atomic E-state index is -0.778. The molecule has 1 unspecified atom stereocenters. The zero-order chi connectivity index (χ0) is 13.1. The Morgan fingerprint density at radius 3 is 2.47 bits per heavy atom. The highest BCUT2D eigenvalue weighted by molar-refractivity contribution is 6.30. The first-order valence-corrected chi connectivity index (χ1v) is 5.74. The van der Waals surface area contributed by atoms with Crippen molar-refractivity contribution in [2.45, 2.75) is 25.4 Å². The fourth-order valence-electron chi connectivity index (χ4n) is 1.53. The molecular weight excluding hydrogens is 245 g/mol. The summed E-state index contributed by atoms with van der Waals surface area (Å²) in [5.41, 5.74) is 0.0184. The standard InChI is InChI=1S/C12H17ClFNO2/c1-8(15-12(2,6-16)7-17)9-3-4-11(14)10(13)5-9/h3-5,8,15-17H,6-7H2,1-2H3. The Balaban J connectivity index is 2.82. The molecule has 0 radical (unpaired) electrons. The summed E-state index contributed by atoms with van der Waals surface area (Å²) >= 11 is 5.70. The normalized spacial score (nSPS) is 13.8. The fourth-order valence-corrected chi connectivity index (χ4v) is 1.72. The lowest BCUT2D eigenvalue weighted by molar-refractivity contribution is 0.0957. The molecule has 5 heteroatoms. The molecule has 0 fully saturated rings. The van der Waals surface area contributed by atoms with Gasteiger partial charge in [-0.15, -0.1) is 0 Å². The third-order valence-corrected chi connectivity index (χ3v) is 3.00. The van der Waals surface area contributed by atoms with Crippen molar-refractivity contribution in [2.75, 3.05) is 13.2 Å². The van der Waals surface area contributed by atoms with Crippen LogP contribution in [0.15, 0.2) is 18.2 Å². The zero-order valence-electron chi connectivity index (χ0n) is 9.87. The van der Waals surface area contributed by atoms with E-state index in [1.807, 2.05) is 6.92 Å². The van der Waals surface area contributed by atoms with Crippen LogP contribution in [0.1, 0.15) is 25.5 Å². The monoisotopic (exact) mass is 261 g/mol. The lowest BCUT2D eigenvalue weighted by Gasteiger charge is -2.30. The number of benzene rings is 1. The molecule has 0 bridgehead atoms. The van der Waals surface area contributed by atoms with Gasteiger partial charge in [0.25, 0.3) is 0 Å². The molecule has 17 heavy (non-hydrogen) atoms. The number of halogens is 2. The van der Waals surface area contributed by atoms with Gasteiger partial charge >= 0.3 is 0 Å². The van der Waals surface area contributed by atoms with Crippen LogP contribution in [0, 0.1) is 5.82 Å². The first-order chi connectivity index (χ1) is 7.91. The maximum atomic E-state index is 13.0. The summed E-state index contributed by atoms with van der Waals surface area (Å²) < 4.78 is 13.0. The molecule has 0 heterocycles. The molecule has 0 amide bonds. The van der Waals surface area contributed by atoms with Crippen molar-refractivity contribution in [3.8, 4) is 0 Å². The van der Waals surface area contributed by atoms with Crippen LogP contribution in [0.2, 0.25) is 5.02 Å². The molecule has 1 aromatic carbocycles. The van der Waals surface area contributed by atoms with Crippen LogP contribution in [0.25, 0.3) is 0 Å². The smallest absolute Gasteiger partial charge is 0.141 e. The molecule has 1 aromatic rings. The number of nitrogens with one attached hydrogen (secondary N) is 1. The summed E-state index contributed by atoms with van der Waals surface area (Å²) in [4.78, 5) is 0. The molecule has 0 aliphatic heterocycles. The van der Waals surface area contributed by atoms with Crippen LogP contribution in [0.5, 0.6) is 0 Å². The van der Waals surface area contributed by atoms with Gasteiger partial charge in [0, 0.05) is 6.04 Å². The van der Waals surface area contributed by atoms with E-state index in [1.54, 1.807) is 13.0 Å². The number of hydrogen-bond donors (Lipinski definition) is 3. The molecule has 3 nitrogen and oxygen atoms in total. The van der Waals surface area contributed by atoms with Gasteiger partial charge in [0.1, 0.15) is 5.82 Å². The van der Waals surface area contributed by atoms with Crippen molar-refractivity contribution in [3.05, 3.63) is 34.6 Å². The van der Waals surface area contributed by atoms with Crippen molar-refractivity contribution in [3.63, 3.8) is 0 Å². The van der Waals surface area contributed by atoms with Gasteiger partial charge in [-0.3, -0.25) is 0 Å². The van der Waals surface area contributed by atoms with Crippen LogP contribution in [-0.2, 0) is 0 Å². The van der Waals surface area contributed by atoms with Crippen LogP contribution in [0.4, 0.5) is 4.39 Å². The van der Waals surface area contributed by atoms with Gasteiger partial charge in [-0.05, 0) is 31.5 Å². The predicted octanol–water partition coefficient (Wildman–Crippen LogP) is 1.87. The maximum absolute atomic E-state index is 13.0. The van der Waals surface area contributed by atoms with E-state index < -0.39 is 11.4 Å². The Hall–Kier alpha value is -0.680. The number of hydrogen-bond acceptors (Lipinski definition) is 3. The molecule has 0 saturated heterocycles. The molecule has 0 aliphatic rings. The zero-order valence-corrected chi connectivity index (χ0v) is 10.6. The highest BCUT2D eigenvalue weighted by Crippen LogP contribution is 2.22. The molecule has 3 N–H and O–H groups in total. The Bertz CT molecular complexity index is 383. The number of rotatable bonds is 5. The van der Waals surface area contributed by atoms with Gasteiger partial charge in [-0.1, -0.05) is 17.7 Å². The van der Waals surface area contributed by atoms with Gasteiger partial charge in [-0.25, -0.2) is 4.39 Å². The van der Waals surface area contributed by atoms with E-state index in [1.165, 1.54) is 12.1 Å². The van der Waals surface area contributed by atoms with Crippen molar-refractivity contribution in [2.24, 2.45) is 0 Å². The molecule has 0 aromatic heterocycles. The number of aliphatic hydroxyl groups excluding tert-OH is 2. The van der Waals surface area contributed by atoms with Crippen LogP contribution in [0.3, 0.4) is 0 Å².